The molecular formula is C14H15N3OS. The second-order valence-electron chi connectivity index (χ2n) is 4.45. The molecule has 0 saturated carbocycles. The molecule has 0 saturated heterocycles. The van der Waals surface area contributed by atoms with Crippen molar-refractivity contribution in [3.8, 4) is 0 Å². The molecule has 1 aromatic carbocycles. The SMILES string of the molecule is CCn1c(=O)n(Cc2cnc(C)s2)c2ccccc21. The lowest BCUT2D eigenvalue weighted by Crippen LogP contribution is -2.23. The van der Waals surface area contributed by atoms with Crippen molar-refractivity contribution >= 4 is 22.4 Å². The van der Waals surface area contributed by atoms with Gasteiger partial charge in [0.05, 0.1) is 22.6 Å². The molecule has 0 radical (unpaired) electrons. The molecule has 0 bridgehead atoms. The van der Waals surface area contributed by atoms with Gasteiger partial charge >= 0.3 is 5.69 Å². The number of hydrogen-bond donors (Lipinski definition) is 0. The van der Waals surface area contributed by atoms with E-state index in [0.717, 1.165) is 20.9 Å². The third-order valence-corrected chi connectivity index (χ3v) is 4.12. The molecule has 3 aromatic rings. The number of thiazole rings is 1. The van der Waals surface area contributed by atoms with E-state index in [0.29, 0.717) is 13.1 Å². The maximum atomic E-state index is 12.4. The first-order valence-corrected chi connectivity index (χ1v) is 7.11. The lowest BCUT2D eigenvalue weighted by atomic mass is 10.3. The normalized spacial score (nSPS) is 11.3. The van der Waals surface area contributed by atoms with E-state index in [1.807, 2.05) is 53.4 Å². The van der Waals surface area contributed by atoms with Crippen LogP contribution < -0.4 is 5.69 Å². The number of imidazole rings is 1. The van der Waals surface area contributed by atoms with Crippen LogP contribution in [0.5, 0.6) is 0 Å². The molecule has 0 atom stereocenters. The molecule has 3 rings (SSSR count). The number of benzene rings is 1. The van der Waals surface area contributed by atoms with E-state index in [2.05, 4.69) is 4.98 Å². The molecule has 0 aliphatic heterocycles. The Bertz CT molecular complexity index is 781. The van der Waals surface area contributed by atoms with Crippen molar-refractivity contribution in [3.05, 3.63) is 50.8 Å². The lowest BCUT2D eigenvalue weighted by Gasteiger charge is -1.99. The monoisotopic (exact) mass is 273 g/mol. The fourth-order valence-electron chi connectivity index (χ4n) is 2.37. The summed E-state index contributed by atoms with van der Waals surface area (Å²) in [7, 11) is 0. The van der Waals surface area contributed by atoms with Crippen molar-refractivity contribution in [1.82, 2.24) is 14.1 Å². The van der Waals surface area contributed by atoms with Gasteiger partial charge in [-0.1, -0.05) is 12.1 Å². The summed E-state index contributed by atoms with van der Waals surface area (Å²) in [6.07, 6.45) is 1.85. The first-order valence-electron chi connectivity index (χ1n) is 6.30. The Labute approximate surface area is 115 Å². The summed E-state index contributed by atoms with van der Waals surface area (Å²) < 4.78 is 3.63. The van der Waals surface area contributed by atoms with E-state index in [4.69, 9.17) is 0 Å². The number of aromatic nitrogens is 3. The Hall–Kier alpha value is -1.88. The minimum absolute atomic E-state index is 0.0507. The summed E-state index contributed by atoms with van der Waals surface area (Å²) in [6, 6.07) is 7.93. The minimum atomic E-state index is 0.0507. The zero-order chi connectivity index (χ0) is 13.4. The van der Waals surface area contributed by atoms with E-state index in [9.17, 15) is 4.79 Å². The van der Waals surface area contributed by atoms with Crippen molar-refractivity contribution in [1.29, 1.82) is 0 Å². The lowest BCUT2D eigenvalue weighted by molar-refractivity contribution is 0.687. The van der Waals surface area contributed by atoms with Crippen LogP contribution in [0.2, 0.25) is 0 Å². The molecule has 19 heavy (non-hydrogen) atoms. The molecular weight excluding hydrogens is 258 g/mol. The summed E-state index contributed by atoms with van der Waals surface area (Å²) in [6.45, 7) is 5.26. The van der Waals surface area contributed by atoms with E-state index in [1.165, 1.54) is 0 Å². The highest BCUT2D eigenvalue weighted by atomic mass is 32.1. The second kappa shape index (κ2) is 4.66. The van der Waals surface area contributed by atoms with Crippen LogP contribution >= 0.6 is 11.3 Å². The molecule has 0 unspecified atom stereocenters. The molecule has 5 heteroatoms. The van der Waals surface area contributed by atoms with Crippen molar-refractivity contribution < 1.29 is 0 Å². The van der Waals surface area contributed by atoms with Crippen LogP contribution in [0, 0.1) is 6.92 Å². The van der Waals surface area contributed by atoms with Crippen molar-refractivity contribution in [2.24, 2.45) is 0 Å². The van der Waals surface area contributed by atoms with Crippen molar-refractivity contribution in [3.63, 3.8) is 0 Å². The number of nitrogens with zero attached hydrogens (tertiary/aromatic N) is 3. The topological polar surface area (TPSA) is 39.8 Å². The van der Waals surface area contributed by atoms with Gasteiger partial charge in [0.2, 0.25) is 0 Å². The fourth-order valence-corrected chi connectivity index (χ4v) is 3.15. The highest BCUT2D eigenvalue weighted by Crippen LogP contribution is 2.17. The Kier molecular flexibility index (Phi) is 2.98. The van der Waals surface area contributed by atoms with Gasteiger partial charge in [-0.05, 0) is 26.0 Å². The van der Waals surface area contributed by atoms with Crippen LogP contribution in [-0.4, -0.2) is 14.1 Å². The van der Waals surface area contributed by atoms with E-state index in [1.54, 1.807) is 11.3 Å². The Morgan fingerprint density at radius 2 is 1.89 bits per heavy atom. The van der Waals surface area contributed by atoms with Crippen LogP contribution in [0.15, 0.2) is 35.3 Å². The largest absolute Gasteiger partial charge is 0.329 e. The van der Waals surface area contributed by atoms with Crippen LogP contribution in [0.3, 0.4) is 0 Å². The molecule has 2 aromatic heterocycles. The quantitative estimate of drug-likeness (QED) is 0.736. The number of rotatable bonds is 3. The Balaban J connectivity index is 2.18. The van der Waals surface area contributed by atoms with Gasteiger partial charge < -0.3 is 0 Å². The molecule has 2 heterocycles. The minimum Gasteiger partial charge on any atom is -0.292 e. The smallest absolute Gasteiger partial charge is 0.292 e. The number of fused-ring (bicyclic) bond motifs is 1. The zero-order valence-corrected chi connectivity index (χ0v) is 11.8. The summed E-state index contributed by atoms with van der Waals surface area (Å²) >= 11 is 1.64. The molecule has 0 N–H and O–H groups in total. The van der Waals surface area contributed by atoms with Gasteiger partial charge in [-0.15, -0.1) is 11.3 Å². The molecule has 0 aliphatic rings. The van der Waals surface area contributed by atoms with E-state index in [-0.39, 0.29) is 5.69 Å². The summed E-state index contributed by atoms with van der Waals surface area (Å²) in [5.74, 6) is 0. The van der Waals surface area contributed by atoms with Gasteiger partial charge in [-0.2, -0.15) is 0 Å². The Morgan fingerprint density at radius 3 is 2.47 bits per heavy atom. The van der Waals surface area contributed by atoms with Crippen LogP contribution in [0.1, 0.15) is 16.8 Å². The summed E-state index contributed by atoms with van der Waals surface area (Å²) in [5, 5.41) is 1.03. The van der Waals surface area contributed by atoms with Crippen LogP contribution in [-0.2, 0) is 13.1 Å². The molecule has 4 nitrogen and oxygen atoms in total. The van der Waals surface area contributed by atoms with Crippen LogP contribution in [0.4, 0.5) is 0 Å². The van der Waals surface area contributed by atoms with Gasteiger partial charge in [0, 0.05) is 17.6 Å². The summed E-state index contributed by atoms with van der Waals surface area (Å²) in [4.78, 5) is 17.8. The highest BCUT2D eigenvalue weighted by Gasteiger charge is 2.12. The second-order valence-corrected chi connectivity index (χ2v) is 5.77. The number of aryl methyl sites for hydroxylation is 2. The van der Waals surface area contributed by atoms with Crippen molar-refractivity contribution in [2.75, 3.05) is 0 Å². The van der Waals surface area contributed by atoms with E-state index < -0.39 is 0 Å². The molecule has 0 aliphatic carbocycles. The highest BCUT2D eigenvalue weighted by molar-refractivity contribution is 7.11. The first kappa shape index (κ1) is 12.2. The molecule has 98 valence electrons. The van der Waals surface area contributed by atoms with Gasteiger partial charge in [-0.25, -0.2) is 9.78 Å². The van der Waals surface area contributed by atoms with Gasteiger partial charge in [-0.3, -0.25) is 9.13 Å². The zero-order valence-electron chi connectivity index (χ0n) is 11.0. The van der Waals surface area contributed by atoms with Gasteiger partial charge in [0.1, 0.15) is 0 Å². The first-order chi connectivity index (χ1) is 9.20. The third-order valence-electron chi connectivity index (χ3n) is 3.22. The Morgan fingerprint density at radius 1 is 1.21 bits per heavy atom. The predicted octanol–water partition coefficient (Wildman–Crippen LogP) is 2.64. The summed E-state index contributed by atoms with van der Waals surface area (Å²) in [5.41, 5.74) is 2.03. The average molecular weight is 273 g/mol. The number of hydrogen-bond acceptors (Lipinski definition) is 3. The fraction of sp³-hybridized carbons (Fsp3) is 0.286. The van der Waals surface area contributed by atoms with E-state index >= 15 is 0 Å². The maximum absolute atomic E-state index is 12.4. The molecule has 0 fully saturated rings. The predicted molar refractivity (Wildman–Crippen MR) is 77.8 cm³/mol. The average Bonchev–Trinajstić information content (AvgIpc) is 2.93. The van der Waals surface area contributed by atoms with Crippen molar-refractivity contribution in [2.45, 2.75) is 26.9 Å². The number of para-hydroxylation sites is 2. The molecule has 0 amide bonds. The maximum Gasteiger partial charge on any atom is 0.329 e. The van der Waals surface area contributed by atoms with Gasteiger partial charge in [0.15, 0.2) is 0 Å². The van der Waals surface area contributed by atoms with Crippen LogP contribution in [0.25, 0.3) is 11.0 Å². The third kappa shape index (κ3) is 2.00. The van der Waals surface area contributed by atoms with Gasteiger partial charge in [0.25, 0.3) is 0 Å². The standard InChI is InChI=1S/C14H15N3OS/c1-3-16-12-6-4-5-7-13(12)17(14(16)18)9-11-8-15-10(2)19-11/h4-8H,3,9H2,1-2H3. The molecule has 0 spiro atoms.